The van der Waals surface area contributed by atoms with E-state index >= 15 is 0 Å². The van der Waals surface area contributed by atoms with Crippen LogP contribution < -0.4 is 15.2 Å². The molecule has 2 aromatic rings. The number of hydrogen-bond donors (Lipinski definition) is 1. The molecule has 9 heteroatoms. The SMILES string of the molecule is CCCOc1ccc(OC(=O)CSc2ccc(C(N)=O)cc2[N+](=O)[O-])cc1. The van der Waals surface area contributed by atoms with Gasteiger partial charge < -0.3 is 15.2 Å². The molecule has 0 aromatic heterocycles. The fourth-order valence-corrected chi connectivity index (χ4v) is 2.83. The van der Waals surface area contributed by atoms with E-state index < -0.39 is 16.8 Å². The summed E-state index contributed by atoms with van der Waals surface area (Å²) in [6.45, 7) is 2.60. The zero-order chi connectivity index (χ0) is 19.8. The molecule has 0 unspecified atom stereocenters. The van der Waals surface area contributed by atoms with Crippen LogP contribution in [0.1, 0.15) is 23.7 Å². The van der Waals surface area contributed by atoms with Crippen molar-refractivity contribution in [2.75, 3.05) is 12.4 Å². The quantitative estimate of drug-likeness (QED) is 0.229. The Labute approximate surface area is 159 Å². The summed E-state index contributed by atoms with van der Waals surface area (Å²) >= 11 is 0.944. The van der Waals surface area contributed by atoms with E-state index in [0.717, 1.165) is 24.2 Å². The molecule has 0 atom stereocenters. The number of rotatable bonds is 9. The fourth-order valence-electron chi connectivity index (χ4n) is 2.06. The van der Waals surface area contributed by atoms with Crippen LogP contribution in [0.4, 0.5) is 5.69 Å². The Balaban J connectivity index is 1.97. The highest BCUT2D eigenvalue weighted by atomic mass is 32.2. The minimum absolute atomic E-state index is 0.0269. The first-order valence-electron chi connectivity index (χ1n) is 8.05. The van der Waals surface area contributed by atoms with Crippen molar-refractivity contribution in [3.8, 4) is 11.5 Å². The third-order valence-corrected chi connectivity index (χ3v) is 4.35. The van der Waals surface area contributed by atoms with Crippen LogP contribution in [0.2, 0.25) is 0 Å². The van der Waals surface area contributed by atoms with Crippen molar-refractivity contribution in [3.05, 3.63) is 58.1 Å². The van der Waals surface area contributed by atoms with E-state index in [1.807, 2.05) is 6.92 Å². The predicted molar refractivity (Wildman–Crippen MR) is 100 cm³/mol. The Bertz CT molecular complexity index is 838. The number of esters is 1. The van der Waals surface area contributed by atoms with Gasteiger partial charge in [-0.05, 0) is 42.8 Å². The van der Waals surface area contributed by atoms with Crippen LogP contribution in [-0.2, 0) is 4.79 Å². The molecule has 0 heterocycles. The van der Waals surface area contributed by atoms with Crippen LogP contribution in [0.15, 0.2) is 47.4 Å². The second kappa shape index (κ2) is 9.58. The van der Waals surface area contributed by atoms with E-state index in [9.17, 15) is 19.7 Å². The first-order valence-corrected chi connectivity index (χ1v) is 9.04. The molecular formula is C18H18N2O6S. The van der Waals surface area contributed by atoms with Gasteiger partial charge in [-0.2, -0.15) is 0 Å². The lowest BCUT2D eigenvalue weighted by Crippen LogP contribution is -2.12. The standard InChI is InChI=1S/C18H18N2O6S/c1-2-9-25-13-4-6-14(7-5-13)26-17(21)11-27-16-8-3-12(18(19)22)10-15(16)20(23)24/h3-8,10H,2,9,11H2,1H3,(H2,19,22). The van der Waals surface area contributed by atoms with Crippen LogP contribution in [0, 0.1) is 10.1 Å². The molecule has 142 valence electrons. The molecule has 1 amide bonds. The number of carbonyl (C=O) groups is 2. The highest BCUT2D eigenvalue weighted by Gasteiger charge is 2.18. The van der Waals surface area contributed by atoms with Crippen molar-refractivity contribution in [1.29, 1.82) is 0 Å². The van der Waals surface area contributed by atoms with Crippen LogP contribution >= 0.6 is 11.8 Å². The topological polar surface area (TPSA) is 122 Å². The third kappa shape index (κ3) is 6.00. The lowest BCUT2D eigenvalue weighted by molar-refractivity contribution is -0.387. The number of carbonyl (C=O) groups excluding carboxylic acids is 2. The maximum absolute atomic E-state index is 12.0. The van der Waals surface area contributed by atoms with Gasteiger partial charge in [0.05, 0.1) is 22.2 Å². The number of hydrogen-bond acceptors (Lipinski definition) is 7. The fraction of sp³-hybridized carbons (Fsp3) is 0.222. The van der Waals surface area contributed by atoms with E-state index in [2.05, 4.69) is 0 Å². The molecule has 0 aliphatic carbocycles. The Morgan fingerprint density at radius 3 is 2.41 bits per heavy atom. The normalized spacial score (nSPS) is 10.3. The highest BCUT2D eigenvalue weighted by molar-refractivity contribution is 8.00. The maximum atomic E-state index is 12.0. The molecule has 2 N–H and O–H groups in total. The summed E-state index contributed by atoms with van der Waals surface area (Å²) in [4.78, 5) is 33.9. The van der Waals surface area contributed by atoms with Crippen molar-refractivity contribution < 1.29 is 24.0 Å². The monoisotopic (exact) mass is 390 g/mol. The van der Waals surface area contributed by atoms with E-state index in [-0.39, 0.29) is 21.9 Å². The predicted octanol–water partition coefficient (Wildman–Crippen LogP) is 3.18. The van der Waals surface area contributed by atoms with Crippen LogP contribution in [0.5, 0.6) is 11.5 Å². The van der Waals surface area contributed by atoms with Gasteiger partial charge in [0.2, 0.25) is 5.91 Å². The lowest BCUT2D eigenvalue weighted by Gasteiger charge is -2.07. The molecule has 27 heavy (non-hydrogen) atoms. The summed E-state index contributed by atoms with van der Waals surface area (Å²) in [5.74, 6) is -0.430. The van der Waals surface area contributed by atoms with E-state index in [1.54, 1.807) is 24.3 Å². The molecule has 0 bridgehead atoms. The van der Waals surface area contributed by atoms with Gasteiger partial charge in [-0.15, -0.1) is 11.8 Å². The first-order chi connectivity index (χ1) is 12.9. The van der Waals surface area contributed by atoms with E-state index in [0.29, 0.717) is 18.1 Å². The van der Waals surface area contributed by atoms with Crippen LogP contribution in [0.25, 0.3) is 0 Å². The van der Waals surface area contributed by atoms with Gasteiger partial charge in [0, 0.05) is 11.6 Å². The van der Waals surface area contributed by atoms with Crippen LogP contribution in [0.3, 0.4) is 0 Å². The van der Waals surface area contributed by atoms with E-state index in [4.69, 9.17) is 15.2 Å². The third-order valence-electron chi connectivity index (χ3n) is 3.31. The average molecular weight is 390 g/mol. The summed E-state index contributed by atoms with van der Waals surface area (Å²) in [6, 6.07) is 10.5. The molecule has 0 fully saturated rings. The van der Waals surface area contributed by atoms with Gasteiger partial charge in [-0.1, -0.05) is 6.92 Å². The molecule has 2 aromatic carbocycles. The molecular weight excluding hydrogens is 372 g/mol. The second-order valence-electron chi connectivity index (χ2n) is 5.39. The van der Waals surface area contributed by atoms with Gasteiger partial charge in [0.15, 0.2) is 0 Å². The van der Waals surface area contributed by atoms with Gasteiger partial charge in [0.1, 0.15) is 11.5 Å². The van der Waals surface area contributed by atoms with Gasteiger partial charge >= 0.3 is 5.97 Å². The Morgan fingerprint density at radius 2 is 1.81 bits per heavy atom. The number of nitro benzene ring substituents is 1. The molecule has 2 rings (SSSR count). The molecule has 0 spiro atoms. The summed E-state index contributed by atoms with van der Waals surface area (Å²) in [5, 5.41) is 11.2. The minimum atomic E-state index is -0.763. The number of nitrogens with zero attached hydrogens (tertiary/aromatic N) is 1. The Kier molecular flexibility index (Phi) is 7.18. The number of amides is 1. The average Bonchev–Trinajstić information content (AvgIpc) is 2.65. The number of nitro groups is 1. The molecule has 0 saturated heterocycles. The smallest absolute Gasteiger partial charge is 0.321 e. The number of ether oxygens (including phenoxy) is 2. The van der Waals surface area contributed by atoms with Crippen molar-refractivity contribution in [3.63, 3.8) is 0 Å². The van der Waals surface area contributed by atoms with Crippen molar-refractivity contribution in [2.45, 2.75) is 18.2 Å². The van der Waals surface area contributed by atoms with Gasteiger partial charge in [-0.25, -0.2) is 0 Å². The molecule has 0 radical (unpaired) electrons. The molecule has 0 aliphatic heterocycles. The summed E-state index contributed by atoms with van der Waals surface area (Å²) in [5.41, 5.74) is 4.86. The number of thioether (sulfide) groups is 1. The summed E-state index contributed by atoms with van der Waals surface area (Å²) in [6.07, 6.45) is 0.889. The highest BCUT2D eigenvalue weighted by Crippen LogP contribution is 2.30. The zero-order valence-electron chi connectivity index (χ0n) is 14.5. The van der Waals surface area contributed by atoms with Crippen molar-refractivity contribution in [1.82, 2.24) is 0 Å². The Hall–Kier alpha value is -3.07. The zero-order valence-corrected chi connectivity index (χ0v) is 15.4. The van der Waals surface area contributed by atoms with Crippen molar-refractivity contribution >= 4 is 29.3 Å². The lowest BCUT2D eigenvalue weighted by atomic mass is 10.2. The van der Waals surface area contributed by atoms with Crippen molar-refractivity contribution in [2.24, 2.45) is 5.73 Å². The summed E-state index contributed by atoms with van der Waals surface area (Å²) in [7, 11) is 0. The molecule has 0 saturated carbocycles. The molecule has 8 nitrogen and oxygen atoms in total. The second-order valence-corrected chi connectivity index (χ2v) is 6.40. The minimum Gasteiger partial charge on any atom is -0.494 e. The molecule has 0 aliphatic rings. The maximum Gasteiger partial charge on any atom is 0.321 e. The Morgan fingerprint density at radius 1 is 1.15 bits per heavy atom. The van der Waals surface area contributed by atoms with Gasteiger partial charge in [0.25, 0.3) is 5.69 Å². The first kappa shape index (κ1) is 20.2. The number of nitrogens with two attached hydrogens (primary N) is 1. The number of benzene rings is 2. The largest absolute Gasteiger partial charge is 0.494 e. The van der Waals surface area contributed by atoms with Gasteiger partial charge in [-0.3, -0.25) is 19.7 Å². The number of primary amides is 1. The summed E-state index contributed by atoms with van der Waals surface area (Å²) < 4.78 is 10.6. The van der Waals surface area contributed by atoms with Crippen LogP contribution in [-0.4, -0.2) is 29.2 Å². The van der Waals surface area contributed by atoms with E-state index in [1.165, 1.54) is 12.1 Å².